The number of hydrogen-bond donors (Lipinski definition) is 3. The molecular formula is C13H21N5O3. The lowest BCUT2D eigenvalue weighted by molar-refractivity contribution is -0.128. The second kappa shape index (κ2) is 6.47. The van der Waals surface area contributed by atoms with Crippen molar-refractivity contribution in [2.24, 2.45) is 0 Å². The van der Waals surface area contributed by atoms with Gasteiger partial charge in [-0.2, -0.15) is 0 Å². The molecule has 1 amide bonds. The molecule has 1 aliphatic rings. The number of amides is 1. The lowest BCUT2D eigenvalue weighted by atomic mass is 10.4. The van der Waals surface area contributed by atoms with Crippen LogP contribution in [-0.2, 0) is 11.3 Å². The van der Waals surface area contributed by atoms with E-state index in [1.807, 2.05) is 6.92 Å². The van der Waals surface area contributed by atoms with Crippen LogP contribution in [-0.4, -0.2) is 40.0 Å². The topological polar surface area (TPSA) is 113 Å². The highest BCUT2D eigenvalue weighted by Crippen LogP contribution is 2.11. The monoisotopic (exact) mass is 295 g/mol. The molecule has 8 nitrogen and oxygen atoms in total. The van der Waals surface area contributed by atoms with Crippen molar-refractivity contribution in [3.8, 4) is 0 Å². The van der Waals surface area contributed by atoms with Crippen LogP contribution in [0.5, 0.6) is 0 Å². The van der Waals surface area contributed by atoms with Crippen LogP contribution in [0, 0.1) is 0 Å². The van der Waals surface area contributed by atoms with Crippen LogP contribution in [0.2, 0.25) is 0 Å². The van der Waals surface area contributed by atoms with Crippen LogP contribution >= 0.6 is 0 Å². The first-order valence-electron chi connectivity index (χ1n) is 7.18. The average molecular weight is 295 g/mol. The molecule has 2 rings (SSSR count). The summed E-state index contributed by atoms with van der Waals surface area (Å²) in [6, 6.07) is 0. The van der Waals surface area contributed by atoms with E-state index in [4.69, 9.17) is 5.73 Å². The normalized spacial score (nSPS) is 14.4. The molecule has 0 aliphatic carbocycles. The van der Waals surface area contributed by atoms with Crippen LogP contribution < -0.4 is 22.3 Å². The van der Waals surface area contributed by atoms with Crippen LogP contribution in [0.25, 0.3) is 0 Å². The zero-order valence-corrected chi connectivity index (χ0v) is 12.1. The number of nitrogens with one attached hydrogen (secondary N) is 2. The smallest absolute Gasteiger partial charge is 0.330 e. The number of carbonyl (C=O) groups is 1. The minimum absolute atomic E-state index is 0.00237. The molecule has 1 fully saturated rings. The predicted octanol–water partition coefficient (Wildman–Crippen LogP) is -0.437. The molecule has 0 atom stereocenters. The molecule has 8 heteroatoms. The highest BCUT2D eigenvalue weighted by molar-refractivity contribution is 5.82. The van der Waals surface area contributed by atoms with Gasteiger partial charge in [-0.25, -0.2) is 4.79 Å². The number of nitrogen functional groups attached to an aromatic ring is 1. The fourth-order valence-electron chi connectivity index (χ4n) is 2.45. The first kappa shape index (κ1) is 15.1. The minimum Gasteiger partial charge on any atom is -0.383 e. The maximum absolute atomic E-state index is 12.0. The third-order valence-electron chi connectivity index (χ3n) is 3.56. The summed E-state index contributed by atoms with van der Waals surface area (Å²) >= 11 is 0. The Morgan fingerprint density at radius 3 is 2.62 bits per heavy atom. The van der Waals surface area contributed by atoms with Crippen molar-refractivity contribution in [3.63, 3.8) is 0 Å². The zero-order valence-electron chi connectivity index (χ0n) is 12.1. The van der Waals surface area contributed by atoms with Crippen molar-refractivity contribution in [1.29, 1.82) is 0 Å². The van der Waals surface area contributed by atoms with Crippen LogP contribution in [0.3, 0.4) is 0 Å². The van der Waals surface area contributed by atoms with Crippen molar-refractivity contribution in [2.45, 2.75) is 32.7 Å². The molecule has 1 aliphatic heterocycles. The van der Waals surface area contributed by atoms with Gasteiger partial charge in [0.15, 0.2) is 0 Å². The quantitative estimate of drug-likeness (QED) is 0.681. The number of aromatic nitrogens is 2. The standard InChI is InChI=1S/C13H21N5O3/c1-2-5-18-11(14)10(12(20)16-13(18)21)15-8-9(19)17-6-3-4-7-17/h15H,2-8,14H2,1H3,(H,16,20,21). The predicted molar refractivity (Wildman–Crippen MR) is 80.3 cm³/mol. The Hall–Kier alpha value is -2.25. The van der Waals surface area contributed by atoms with E-state index >= 15 is 0 Å². The summed E-state index contributed by atoms with van der Waals surface area (Å²) in [5.74, 6) is -0.000589. The van der Waals surface area contributed by atoms with Crippen LogP contribution in [0.1, 0.15) is 26.2 Å². The molecule has 0 bridgehead atoms. The fraction of sp³-hybridized carbons (Fsp3) is 0.615. The van der Waals surface area contributed by atoms with Crippen molar-refractivity contribution < 1.29 is 4.79 Å². The van der Waals surface area contributed by atoms with E-state index in [-0.39, 0.29) is 24.0 Å². The number of likely N-dealkylation sites (tertiary alicyclic amines) is 1. The van der Waals surface area contributed by atoms with Gasteiger partial charge in [0, 0.05) is 19.6 Å². The summed E-state index contributed by atoms with van der Waals surface area (Å²) in [5, 5.41) is 2.76. The molecule has 1 saturated heterocycles. The average Bonchev–Trinajstić information content (AvgIpc) is 2.97. The van der Waals surface area contributed by atoms with Crippen LogP contribution in [0.15, 0.2) is 9.59 Å². The number of nitrogens with zero attached hydrogens (tertiary/aromatic N) is 2. The molecule has 0 radical (unpaired) electrons. The van der Waals surface area contributed by atoms with Crippen molar-refractivity contribution in [1.82, 2.24) is 14.5 Å². The Bertz CT molecular complexity index is 628. The number of hydrogen-bond acceptors (Lipinski definition) is 5. The van der Waals surface area contributed by atoms with E-state index in [1.54, 1.807) is 4.90 Å². The summed E-state index contributed by atoms with van der Waals surface area (Å²) in [6.07, 6.45) is 2.73. The summed E-state index contributed by atoms with van der Waals surface area (Å²) in [5.41, 5.74) is 4.82. The maximum atomic E-state index is 12.0. The summed E-state index contributed by atoms with van der Waals surface area (Å²) < 4.78 is 1.30. The molecule has 0 unspecified atom stereocenters. The number of carbonyl (C=O) groups excluding carboxylic acids is 1. The Kier molecular flexibility index (Phi) is 4.66. The number of anilines is 2. The van der Waals surface area contributed by atoms with Gasteiger partial charge >= 0.3 is 5.69 Å². The first-order chi connectivity index (χ1) is 10.0. The SMILES string of the molecule is CCCn1c(N)c(NCC(=O)N2CCCC2)c(=O)[nH]c1=O. The Morgan fingerprint density at radius 1 is 1.33 bits per heavy atom. The van der Waals surface area contributed by atoms with Gasteiger partial charge in [-0.3, -0.25) is 19.1 Å². The van der Waals surface area contributed by atoms with E-state index in [0.717, 1.165) is 25.9 Å². The molecule has 1 aromatic rings. The lowest BCUT2D eigenvalue weighted by Gasteiger charge is -2.17. The van der Waals surface area contributed by atoms with Crippen LogP contribution in [0.4, 0.5) is 11.5 Å². The second-order valence-corrected chi connectivity index (χ2v) is 5.11. The molecule has 0 saturated carbocycles. The number of nitrogens with two attached hydrogens (primary N) is 1. The fourth-order valence-corrected chi connectivity index (χ4v) is 2.45. The number of rotatable bonds is 5. The van der Waals surface area contributed by atoms with E-state index in [0.29, 0.717) is 13.0 Å². The third-order valence-corrected chi connectivity index (χ3v) is 3.56. The zero-order chi connectivity index (χ0) is 15.4. The van der Waals surface area contributed by atoms with Gasteiger partial charge in [-0.15, -0.1) is 0 Å². The maximum Gasteiger partial charge on any atom is 0.330 e. The van der Waals surface area contributed by atoms with Gasteiger partial charge < -0.3 is 16.0 Å². The second-order valence-electron chi connectivity index (χ2n) is 5.11. The summed E-state index contributed by atoms with van der Waals surface area (Å²) in [6.45, 7) is 3.82. The summed E-state index contributed by atoms with van der Waals surface area (Å²) in [4.78, 5) is 39.4. The molecule has 2 heterocycles. The highest BCUT2D eigenvalue weighted by Gasteiger charge is 2.19. The van der Waals surface area contributed by atoms with Gasteiger partial charge in [0.2, 0.25) is 5.91 Å². The lowest BCUT2D eigenvalue weighted by Crippen LogP contribution is -2.37. The van der Waals surface area contributed by atoms with Crippen molar-refractivity contribution >= 4 is 17.4 Å². The van der Waals surface area contributed by atoms with Gasteiger partial charge in [0.25, 0.3) is 5.56 Å². The first-order valence-corrected chi connectivity index (χ1v) is 7.18. The highest BCUT2D eigenvalue weighted by atomic mass is 16.2. The van der Waals surface area contributed by atoms with E-state index in [1.165, 1.54) is 4.57 Å². The van der Waals surface area contributed by atoms with Gasteiger partial charge in [-0.05, 0) is 19.3 Å². The molecule has 4 N–H and O–H groups in total. The summed E-state index contributed by atoms with van der Waals surface area (Å²) in [7, 11) is 0. The van der Waals surface area contributed by atoms with Gasteiger partial charge in [-0.1, -0.05) is 6.92 Å². The number of H-pyrrole nitrogens is 1. The van der Waals surface area contributed by atoms with E-state index in [9.17, 15) is 14.4 Å². The molecule has 116 valence electrons. The molecule has 0 aromatic carbocycles. The third kappa shape index (κ3) is 3.26. The van der Waals surface area contributed by atoms with Gasteiger partial charge in [0.05, 0.1) is 6.54 Å². The molecular weight excluding hydrogens is 274 g/mol. The Balaban J connectivity index is 2.15. The van der Waals surface area contributed by atoms with E-state index < -0.39 is 11.2 Å². The largest absolute Gasteiger partial charge is 0.383 e. The van der Waals surface area contributed by atoms with Crippen molar-refractivity contribution in [3.05, 3.63) is 20.8 Å². The molecule has 1 aromatic heterocycles. The number of aromatic amines is 1. The molecule has 0 spiro atoms. The Labute approximate surface area is 121 Å². The van der Waals surface area contributed by atoms with Crippen molar-refractivity contribution in [2.75, 3.05) is 30.7 Å². The molecule has 21 heavy (non-hydrogen) atoms. The van der Waals surface area contributed by atoms with E-state index in [2.05, 4.69) is 10.3 Å². The minimum atomic E-state index is -0.598. The Morgan fingerprint density at radius 2 is 2.00 bits per heavy atom. The van der Waals surface area contributed by atoms with Gasteiger partial charge in [0.1, 0.15) is 11.5 Å².